The summed E-state index contributed by atoms with van der Waals surface area (Å²) in [5.74, 6) is 0.664. The van der Waals surface area contributed by atoms with Crippen LogP contribution < -0.4 is 11.1 Å². The van der Waals surface area contributed by atoms with Crippen molar-refractivity contribution in [3.63, 3.8) is 0 Å². The number of hydrogen-bond donors (Lipinski definition) is 4. The van der Waals surface area contributed by atoms with Gasteiger partial charge in [0, 0.05) is 26.3 Å². The molecule has 8 heteroatoms. The number of H-pyrrole nitrogens is 1. The molecule has 0 bridgehead atoms. The predicted octanol–water partition coefficient (Wildman–Crippen LogP) is 0.460. The summed E-state index contributed by atoms with van der Waals surface area (Å²) in [6.07, 6.45) is 1.67. The highest BCUT2D eigenvalue weighted by molar-refractivity contribution is 6.11. The fraction of sp³-hybridized carbons (Fsp3) is 0.438. The molecule has 130 valence electrons. The normalized spacial score (nSPS) is 11.8. The number of anilines is 1. The summed E-state index contributed by atoms with van der Waals surface area (Å²) >= 11 is 0. The van der Waals surface area contributed by atoms with E-state index < -0.39 is 0 Å². The minimum Gasteiger partial charge on any atom is -0.392 e. The Bertz CT molecular complexity index is 669. The molecule has 0 aliphatic heterocycles. The number of ether oxygens (including phenoxy) is 1. The third kappa shape index (κ3) is 4.38. The molecule has 2 aromatic heterocycles. The number of nitrogens with zero attached hydrogens (tertiary/aromatic N) is 3. The Labute approximate surface area is 141 Å². The van der Waals surface area contributed by atoms with Crippen LogP contribution in [0.1, 0.15) is 22.5 Å². The molecule has 0 saturated carbocycles. The number of nitrogens with two attached hydrogens (primary N) is 1. The van der Waals surface area contributed by atoms with Crippen molar-refractivity contribution in [3.05, 3.63) is 40.8 Å². The van der Waals surface area contributed by atoms with Gasteiger partial charge in [0.05, 0.1) is 31.2 Å². The van der Waals surface area contributed by atoms with Crippen LogP contribution in [0.4, 0.5) is 5.82 Å². The van der Waals surface area contributed by atoms with E-state index >= 15 is 0 Å². The number of aliphatic hydroxyl groups is 1. The van der Waals surface area contributed by atoms with Crippen LogP contribution in [-0.4, -0.2) is 59.4 Å². The Morgan fingerprint density at radius 1 is 1.46 bits per heavy atom. The van der Waals surface area contributed by atoms with E-state index in [2.05, 4.69) is 25.5 Å². The first kappa shape index (κ1) is 18.1. The molecule has 0 fully saturated rings. The van der Waals surface area contributed by atoms with Gasteiger partial charge in [-0.15, -0.1) is 0 Å². The molecule has 0 unspecified atom stereocenters. The number of aliphatic imine (C=N–C) groups is 1. The minimum absolute atomic E-state index is 0.0698. The maximum absolute atomic E-state index is 9.64. The number of aromatic nitrogens is 3. The van der Waals surface area contributed by atoms with Crippen LogP contribution in [-0.2, 0) is 11.3 Å². The van der Waals surface area contributed by atoms with Gasteiger partial charge in [0.25, 0.3) is 0 Å². The average molecular weight is 332 g/mol. The molecule has 2 aromatic rings. The largest absolute Gasteiger partial charge is 0.392 e. The number of rotatable bonds is 9. The Balaban J connectivity index is 2.25. The Morgan fingerprint density at radius 3 is 2.92 bits per heavy atom. The lowest BCUT2D eigenvalue weighted by Crippen LogP contribution is -2.17. The first-order valence-corrected chi connectivity index (χ1v) is 7.81. The van der Waals surface area contributed by atoms with Gasteiger partial charge in [-0.2, -0.15) is 5.10 Å². The van der Waals surface area contributed by atoms with Gasteiger partial charge in [0.2, 0.25) is 0 Å². The lowest BCUT2D eigenvalue weighted by atomic mass is 10.0. The van der Waals surface area contributed by atoms with E-state index in [-0.39, 0.29) is 6.61 Å². The third-order valence-corrected chi connectivity index (χ3v) is 3.57. The number of nitrogens with one attached hydrogen (secondary N) is 2. The maximum Gasteiger partial charge on any atom is 0.127 e. The Kier molecular flexibility index (Phi) is 6.86. The van der Waals surface area contributed by atoms with Crippen molar-refractivity contribution in [2.75, 3.05) is 38.7 Å². The van der Waals surface area contributed by atoms with E-state index in [1.165, 1.54) is 0 Å². The van der Waals surface area contributed by atoms with Crippen LogP contribution in [0, 0.1) is 6.92 Å². The second kappa shape index (κ2) is 9.11. The summed E-state index contributed by atoms with van der Waals surface area (Å²) in [7, 11) is 1.71. The van der Waals surface area contributed by atoms with Crippen molar-refractivity contribution in [1.82, 2.24) is 15.2 Å². The van der Waals surface area contributed by atoms with Crippen LogP contribution in [0.3, 0.4) is 0 Å². The highest BCUT2D eigenvalue weighted by Gasteiger charge is 2.16. The van der Waals surface area contributed by atoms with Gasteiger partial charge in [-0.1, -0.05) is 0 Å². The Hall–Kier alpha value is -2.29. The number of hydrogen-bond acceptors (Lipinski definition) is 7. The van der Waals surface area contributed by atoms with E-state index in [9.17, 15) is 5.11 Å². The van der Waals surface area contributed by atoms with E-state index in [4.69, 9.17) is 10.5 Å². The molecule has 0 atom stereocenters. The van der Waals surface area contributed by atoms with Crippen molar-refractivity contribution in [2.24, 2.45) is 10.7 Å². The zero-order chi connectivity index (χ0) is 17.4. The van der Waals surface area contributed by atoms with E-state index in [0.29, 0.717) is 43.5 Å². The molecule has 2 rings (SSSR count). The SMILES string of the molecule is CN=C(c1ccn[nH]1)c1nc(NCCOCCN)cc(CO)c1C. The van der Waals surface area contributed by atoms with E-state index in [1.807, 2.05) is 19.1 Å². The molecule has 2 heterocycles. The molecule has 0 aliphatic rings. The van der Waals surface area contributed by atoms with E-state index in [0.717, 1.165) is 16.8 Å². The first-order valence-electron chi connectivity index (χ1n) is 7.81. The number of aliphatic hydroxyl groups excluding tert-OH is 1. The van der Waals surface area contributed by atoms with Gasteiger partial charge in [-0.25, -0.2) is 4.98 Å². The molecule has 8 nitrogen and oxygen atoms in total. The molecule has 0 amide bonds. The van der Waals surface area contributed by atoms with Gasteiger partial charge < -0.3 is 20.9 Å². The predicted molar refractivity (Wildman–Crippen MR) is 93.4 cm³/mol. The monoisotopic (exact) mass is 332 g/mol. The molecular formula is C16H24N6O2. The Morgan fingerprint density at radius 2 is 2.29 bits per heavy atom. The fourth-order valence-corrected chi connectivity index (χ4v) is 2.33. The van der Waals surface area contributed by atoms with Crippen molar-refractivity contribution < 1.29 is 9.84 Å². The first-order chi connectivity index (χ1) is 11.7. The van der Waals surface area contributed by atoms with Crippen LogP contribution in [0.5, 0.6) is 0 Å². The van der Waals surface area contributed by atoms with Crippen molar-refractivity contribution >= 4 is 11.5 Å². The second-order valence-corrected chi connectivity index (χ2v) is 5.17. The topological polar surface area (TPSA) is 121 Å². The summed E-state index contributed by atoms with van der Waals surface area (Å²) in [6, 6.07) is 3.67. The standard InChI is InChI=1S/C16H24N6O2/c1-11-12(10-23)9-14(19-6-8-24-7-4-17)21-15(11)16(18-2)13-3-5-20-22-13/h3,5,9,23H,4,6-8,10,17H2,1-2H3,(H,19,21)(H,20,22). The molecule has 0 radical (unpaired) electrons. The van der Waals surface area contributed by atoms with Gasteiger partial charge in [0.15, 0.2) is 0 Å². The third-order valence-electron chi connectivity index (χ3n) is 3.57. The smallest absolute Gasteiger partial charge is 0.127 e. The second-order valence-electron chi connectivity index (χ2n) is 5.17. The number of pyridine rings is 1. The van der Waals surface area contributed by atoms with Crippen molar-refractivity contribution in [2.45, 2.75) is 13.5 Å². The van der Waals surface area contributed by atoms with Gasteiger partial charge in [-0.05, 0) is 30.2 Å². The van der Waals surface area contributed by atoms with Crippen LogP contribution in [0.25, 0.3) is 0 Å². The quantitative estimate of drug-likeness (QED) is 0.391. The highest BCUT2D eigenvalue weighted by atomic mass is 16.5. The van der Waals surface area contributed by atoms with Crippen molar-refractivity contribution in [3.8, 4) is 0 Å². The van der Waals surface area contributed by atoms with Gasteiger partial charge in [0.1, 0.15) is 11.5 Å². The molecule has 0 aromatic carbocycles. The fourth-order valence-electron chi connectivity index (χ4n) is 2.33. The lowest BCUT2D eigenvalue weighted by Gasteiger charge is -2.14. The molecule has 0 spiro atoms. The molecular weight excluding hydrogens is 308 g/mol. The summed E-state index contributed by atoms with van der Waals surface area (Å²) in [6.45, 7) is 4.02. The summed E-state index contributed by atoms with van der Waals surface area (Å²) in [4.78, 5) is 8.98. The summed E-state index contributed by atoms with van der Waals surface area (Å²) in [5, 5.41) is 19.7. The lowest BCUT2D eigenvalue weighted by molar-refractivity contribution is 0.151. The highest BCUT2D eigenvalue weighted by Crippen LogP contribution is 2.20. The maximum atomic E-state index is 9.64. The molecule has 24 heavy (non-hydrogen) atoms. The van der Waals surface area contributed by atoms with Crippen molar-refractivity contribution in [1.29, 1.82) is 0 Å². The van der Waals surface area contributed by atoms with E-state index in [1.54, 1.807) is 13.2 Å². The van der Waals surface area contributed by atoms with Crippen LogP contribution in [0.2, 0.25) is 0 Å². The molecule has 0 saturated heterocycles. The number of aromatic amines is 1. The average Bonchev–Trinajstić information content (AvgIpc) is 3.12. The van der Waals surface area contributed by atoms with Gasteiger partial charge >= 0.3 is 0 Å². The zero-order valence-electron chi connectivity index (χ0n) is 14.0. The molecule has 5 N–H and O–H groups in total. The zero-order valence-corrected chi connectivity index (χ0v) is 14.0. The summed E-state index contributed by atoms with van der Waals surface area (Å²) in [5.41, 5.74) is 9.25. The van der Waals surface area contributed by atoms with Crippen LogP contribution >= 0.6 is 0 Å². The minimum atomic E-state index is -0.0698. The van der Waals surface area contributed by atoms with Crippen LogP contribution in [0.15, 0.2) is 23.3 Å². The van der Waals surface area contributed by atoms with Gasteiger partial charge in [-0.3, -0.25) is 10.1 Å². The molecule has 0 aliphatic carbocycles. The summed E-state index contributed by atoms with van der Waals surface area (Å²) < 4.78 is 5.34.